The zero-order chi connectivity index (χ0) is 34.1. The van der Waals surface area contributed by atoms with Gasteiger partial charge in [-0.15, -0.1) is 0 Å². The standard InChI is InChI=1S/C49H35NO/c1-49(2)45-23-12-11-19-39(45)40-29-26-33(30-46(40)49)37-21-13-22-42-44-31-43(38-18-9-10-20-41(38)48(44)51-47(37)42)32-24-27-36(28-25-32)50(34-14-5-3-6-15-34)35-16-7-4-8-17-35/h3-31H,1-2H3. The summed E-state index contributed by atoms with van der Waals surface area (Å²) in [5.41, 5.74) is 15.2. The second-order valence-corrected chi connectivity index (χ2v) is 14.1. The third-order valence-corrected chi connectivity index (χ3v) is 10.9. The fourth-order valence-corrected chi connectivity index (χ4v) is 8.35. The average molecular weight is 654 g/mol. The minimum atomic E-state index is -0.0659. The molecular formula is C49H35NO. The van der Waals surface area contributed by atoms with Crippen molar-refractivity contribution < 1.29 is 4.42 Å². The van der Waals surface area contributed by atoms with Crippen molar-refractivity contribution in [2.45, 2.75) is 19.3 Å². The first-order valence-electron chi connectivity index (χ1n) is 17.7. The molecule has 0 bridgehead atoms. The summed E-state index contributed by atoms with van der Waals surface area (Å²) in [6.07, 6.45) is 0. The Bertz CT molecular complexity index is 2720. The lowest BCUT2D eigenvalue weighted by Gasteiger charge is -2.25. The second kappa shape index (κ2) is 11.3. The van der Waals surface area contributed by atoms with Crippen LogP contribution in [0, 0.1) is 0 Å². The van der Waals surface area contributed by atoms with E-state index >= 15 is 0 Å². The van der Waals surface area contributed by atoms with Crippen LogP contribution in [0.5, 0.6) is 0 Å². The Morgan fingerprint density at radius 2 is 0.922 bits per heavy atom. The number of benzene rings is 8. The molecule has 51 heavy (non-hydrogen) atoms. The molecule has 242 valence electrons. The molecule has 0 atom stereocenters. The molecule has 1 aromatic heterocycles. The third-order valence-electron chi connectivity index (χ3n) is 10.9. The van der Waals surface area contributed by atoms with E-state index in [4.69, 9.17) is 4.42 Å². The molecule has 0 N–H and O–H groups in total. The predicted octanol–water partition coefficient (Wildman–Crippen LogP) is 13.8. The second-order valence-electron chi connectivity index (χ2n) is 14.1. The van der Waals surface area contributed by atoms with Crippen molar-refractivity contribution in [3.05, 3.63) is 187 Å². The van der Waals surface area contributed by atoms with E-state index in [2.05, 4.69) is 195 Å². The molecule has 0 saturated heterocycles. The van der Waals surface area contributed by atoms with E-state index in [9.17, 15) is 0 Å². The van der Waals surface area contributed by atoms with E-state index in [1.165, 1.54) is 44.3 Å². The number of rotatable bonds is 5. The predicted molar refractivity (Wildman–Crippen MR) is 214 cm³/mol. The van der Waals surface area contributed by atoms with Crippen molar-refractivity contribution in [2.24, 2.45) is 0 Å². The maximum absolute atomic E-state index is 6.92. The molecule has 0 radical (unpaired) electrons. The van der Waals surface area contributed by atoms with E-state index in [1.54, 1.807) is 0 Å². The molecule has 0 amide bonds. The van der Waals surface area contributed by atoms with Gasteiger partial charge < -0.3 is 9.32 Å². The van der Waals surface area contributed by atoms with Crippen LogP contribution < -0.4 is 4.90 Å². The van der Waals surface area contributed by atoms with Gasteiger partial charge in [0.25, 0.3) is 0 Å². The lowest BCUT2D eigenvalue weighted by atomic mass is 9.81. The Morgan fingerprint density at radius 3 is 1.67 bits per heavy atom. The van der Waals surface area contributed by atoms with Gasteiger partial charge in [-0.1, -0.05) is 141 Å². The zero-order valence-corrected chi connectivity index (χ0v) is 28.6. The third kappa shape index (κ3) is 4.57. The van der Waals surface area contributed by atoms with E-state index in [-0.39, 0.29) is 5.41 Å². The van der Waals surface area contributed by atoms with Crippen LogP contribution in [-0.4, -0.2) is 0 Å². The highest BCUT2D eigenvalue weighted by molar-refractivity contribution is 6.20. The van der Waals surface area contributed by atoms with Crippen molar-refractivity contribution in [3.63, 3.8) is 0 Å². The number of hydrogen-bond acceptors (Lipinski definition) is 2. The molecule has 1 aliphatic rings. The molecule has 0 saturated carbocycles. The highest BCUT2D eigenvalue weighted by atomic mass is 16.3. The van der Waals surface area contributed by atoms with Crippen LogP contribution in [0.2, 0.25) is 0 Å². The van der Waals surface area contributed by atoms with E-state index in [0.717, 1.165) is 50.0 Å². The van der Waals surface area contributed by atoms with Crippen LogP contribution in [0.25, 0.3) is 66.1 Å². The van der Waals surface area contributed by atoms with Crippen molar-refractivity contribution in [3.8, 4) is 33.4 Å². The number of hydrogen-bond donors (Lipinski definition) is 0. The van der Waals surface area contributed by atoms with Crippen LogP contribution in [0.15, 0.2) is 180 Å². The minimum absolute atomic E-state index is 0.0659. The lowest BCUT2D eigenvalue weighted by Crippen LogP contribution is -2.14. The van der Waals surface area contributed by atoms with Gasteiger partial charge in [-0.05, 0) is 92.9 Å². The summed E-state index contributed by atoms with van der Waals surface area (Å²) in [7, 11) is 0. The fraction of sp³-hybridized carbons (Fsp3) is 0.0612. The molecule has 1 aliphatic carbocycles. The zero-order valence-electron chi connectivity index (χ0n) is 28.6. The SMILES string of the molecule is CC1(C)c2ccccc2-c2ccc(-c3cccc4c3oc3c5ccccc5c(-c5ccc(N(c6ccccc6)c6ccccc6)cc5)cc43)cc21. The van der Waals surface area contributed by atoms with Gasteiger partial charge in [0, 0.05) is 44.2 Å². The quantitative estimate of drug-likeness (QED) is 0.184. The van der Waals surface area contributed by atoms with Crippen LogP contribution in [0.4, 0.5) is 17.1 Å². The molecule has 0 spiro atoms. The molecule has 1 heterocycles. The number of para-hydroxylation sites is 3. The summed E-state index contributed by atoms with van der Waals surface area (Å²) in [5, 5.41) is 4.57. The Balaban J connectivity index is 1.11. The van der Waals surface area contributed by atoms with Gasteiger partial charge in [0.2, 0.25) is 0 Å². The number of fused-ring (bicyclic) bond motifs is 8. The highest BCUT2D eigenvalue weighted by Crippen LogP contribution is 2.50. The Labute approximate surface area is 297 Å². The molecule has 0 fully saturated rings. The van der Waals surface area contributed by atoms with E-state index in [0.29, 0.717) is 0 Å². The minimum Gasteiger partial charge on any atom is -0.455 e. The Hall–Kier alpha value is -6.38. The monoisotopic (exact) mass is 653 g/mol. The maximum Gasteiger partial charge on any atom is 0.143 e. The van der Waals surface area contributed by atoms with Gasteiger partial charge >= 0.3 is 0 Å². The largest absolute Gasteiger partial charge is 0.455 e. The first kappa shape index (κ1) is 29.5. The summed E-state index contributed by atoms with van der Waals surface area (Å²) in [6, 6.07) is 63.4. The van der Waals surface area contributed by atoms with Crippen LogP contribution >= 0.6 is 0 Å². The summed E-state index contributed by atoms with van der Waals surface area (Å²) in [5.74, 6) is 0. The van der Waals surface area contributed by atoms with Crippen LogP contribution in [-0.2, 0) is 5.41 Å². The van der Waals surface area contributed by atoms with Gasteiger partial charge in [0.05, 0.1) is 0 Å². The van der Waals surface area contributed by atoms with Crippen LogP contribution in [0.1, 0.15) is 25.0 Å². The smallest absolute Gasteiger partial charge is 0.143 e. The van der Waals surface area contributed by atoms with Crippen molar-refractivity contribution in [1.82, 2.24) is 0 Å². The molecular weight excluding hydrogens is 619 g/mol. The van der Waals surface area contributed by atoms with Crippen molar-refractivity contribution in [1.29, 1.82) is 0 Å². The van der Waals surface area contributed by atoms with Crippen molar-refractivity contribution in [2.75, 3.05) is 4.90 Å². The van der Waals surface area contributed by atoms with Crippen LogP contribution in [0.3, 0.4) is 0 Å². The summed E-state index contributed by atoms with van der Waals surface area (Å²) in [6.45, 7) is 4.68. The molecule has 0 aliphatic heterocycles. The molecule has 2 heteroatoms. The molecule has 10 rings (SSSR count). The number of anilines is 3. The van der Waals surface area contributed by atoms with Crippen molar-refractivity contribution >= 4 is 49.8 Å². The average Bonchev–Trinajstić information content (AvgIpc) is 3.68. The number of furan rings is 1. The van der Waals surface area contributed by atoms with Gasteiger partial charge in [0.1, 0.15) is 11.2 Å². The highest BCUT2D eigenvalue weighted by Gasteiger charge is 2.35. The van der Waals surface area contributed by atoms with Gasteiger partial charge in [-0.3, -0.25) is 0 Å². The van der Waals surface area contributed by atoms with E-state index in [1.807, 2.05) is 0 Å². The first-order chi connectivity index (χ1) is 25.1. The summed E-state index contributed by atoms with van der Waals surface area (Å²) in [4.78, 5) is 2.30. The van der Waals surface area contributed by atoms with Gasteiger partial charge in [-0.25, -0.2) is 0 Å². The van der Waals surface area contributed by atoms with Gasteiger partial charge in [0.15, 0.2) is 0 Å². The molecule has 8 aromatic carbocycles. The Kier molecular flexibility index (Phi) is 6.56. The fourth-order valence-electron chi connectivity index (χ4n) is 8.35. The summed E-state index contributed by atoms with van der Waals surface area (Å²) < 4.78 is 6.92. The first-order valence-corrected chi connectivity index (χ1v) is 17.7. The van der Waals surface area contributed by atoms with Gasteiger partial charge in [-0.2, -0.15) is 0 Å². The van der Waals surface area contributed by atoms with E-state index < -0.39 is 0 Å². The lowest BCUT2D eigenvalue weighted by molar-refractivity contribution is 0.660. The maximum atomic E-state index is 6.92. The normalized spacial score (nSPS) is 13.1. The summed E-state index contributed by atoms with van der Waals surface area (Å²) >= 11 is 0. The molecule has 0 unspecified atom stereocenters. The topological polar surface area (TPSA) is 16.4 Å². The number of nitrogens with zero attached hydrogens (tertiary/aromatic N) is 1. The Morgan fingerprint density at radius 1 is 0.373 bits per heavy atom. The molecule has 9 aromatic rings. The molecule has 2 nitrogen and oxygen atoms in total.